The monoisotopic (exact) mass is 276 g/mol. The highest BCUT2D eigenvalue weighted by Gasteiger charge is 2.17. The van der Waals surface area contributed by atoms with Crippen LogP contribution in [0.3, 0.4) is 0 Å². The summed E-state index contributed by atoms with van der Waals surface area (Å²) in [6.45, 7) is 5.12. The summed E-state index contributed by atoms with van der Waals surface area (Å²) in [6, 6.07) is 8.05. The predicted molar refractivity (Wildman–Crippen MR) is 82.8 cm³/mol. The molecule has 0 atom stereocenters. The third kappa shape index (κ3) is 4.13. The van der Waals surface area contributed by atoms with Crippen molar-refractivity contribution in [1.29, 1.82) is 0 Å². The molecule has 1 aromatic rings. The van der Waals surface area contributed by atoms with Crippen LogP contribution in [-0.4, -0.2) is 50.6 Å². The molecule has 0 aromatic heterocycles. The molecule has 1 aromatic carbocycles. The zero-order valence-corrected chi connectivity index (χ0v) is 12.1. The van der Waals surface area contributed by atoms with E-state index in [9.17, 15) is 4.79 Å². The van der Waals surface area contributed by atoms with Gasteiger partial charge >= 0.3 is 0 Å². The fraction of sp³-hybridized carbons (Fsp3) is 0.533. The third-order valence-corrected chi connectivity index (χ3v) is 3.76. The first-order valence-corrected chi connectivity index (χ1v) is 7.22. The Morgan fingerprint density at radius 1 is 1.30 bits per heavy atom. The van der Waals surface area contributed by atoms with Gasteiger partial charge in [-0.1, -0.05) is 6.07 Å². The van der Waals surface area contributed by atoms with Crippen LogP contribution >= 0.6 is 0 Å². The lowest BCUT2D eigenvalue weighted by molar-refractivity contribution is -0.120. The molecule has 20 heavy (non-hydrogen) atoms. The van der Waals surface area contributed by atoms with Crippen molar-refractivity contribution < 1.29 is 4.79 Å². The molecule has 0 radical (unpaired) electrons. The topological polar surface area (TPSA) is 61.6 Å². The normalized spacial score (nSPS) is 16.1. The molecule has 5 nitrogen and oxygen atoms in total. The Hall–Kier alpha value is -1.75. The highest BCUT2D eigenvalue weighted by Crippen LogP contribution is 2.19. The van der Waals surface area contributed by atoms with Crippen LogP contribution in [0.15, 0.2) is 24.3 Å². The average Bonchev–Trinajstić information content (AvgIpc) is 2.48. The lowest BCUT2D eigenvalue weighted by Gasteiger charge is -2.36. The number of hydrogen-bond acceptors (Lipinski definition) is 4. The van der Waals surface area contributed by atoms with E-state index in [1.807, 2.05) is 18.2 Å². The second kappa shape index (κ2) is 7.14. The number of piperazine rings is 1. The Bertz CT molecular complexity index is 441. The standard InChI is InChI=1S/C15H24N4O/c1-17-15(20)6-3-7-18-8-10-19(11-9-18)14-5-2-4-13(16)12-14/h2,4-5,12H,3,6-11,16H2,1H3,(H,17,20). The molecular formula is C15H24N4O. The summed E-state index contributed by atoms with van der Waals surface area (Å²) >= 11 is 0. The van der Waals surface area contributed by atoms with Gasteiger partial charge in [0, 0.05) is 51.0 Å². The van der Waals surface area contributed by atoms with Gasteiger partial charge in [-0.25, -0.2) is 0 Å². The number of nitrogens with two attached hydrogens (primary N) is 1. The molecule has 1 fully saturated rings. The van der Waals surface area contributed by atoms with Crippen molar-refractivity contribution in [1.82, 2.24) is 10.2 Å². The van der Waals surface area contributed by atoms with Crippen LogP contribution in [-0.2, 0) is 4.79 Å². The molecule has 2 rings (SSSR count). The Balaban J connectivity index is 1.74. The summed E-state index contributed by atoms with van der Waals surface area (Å²) in [5.41, 5.74) is 7.84. The minimum absolute atomic E-state index is 0.128. The van der Waals surface area contributed by atoms with Gasteiger partial charge in [-0.15, -0.1) is 0 Å². The molecule has 1 aliphatic heterocycles. The summed E-state index contributed by atoms with van der Waals surface area (Å²) < 4.78 is 0. The number of benzene rings is 1. The van der Waals surface area contributed by atoms with Crippen LogP contribution in [0, 0.1) is 0 Å². The van der Waals surface area contributed by atoms with Gasteiger partial charge in [-0.2, -0.15) is 0 Å². The first-order valence-electron chi connectivity index (χ1n) is 7.22. The van der Waals surface area contributed by atoms with Gasteiger partial charge < -0.3 is 16.0 Å². The van der Waals surface area contributed by atoms with E-state index in [4.69, 9.17) is 5.73 Å². The Morgan fingerprint density at radius 3 is 2.70 bits per heavy atom. The van der Waals surface area contributed by atoms with Crippen LogP contribution in [0.4, 0.5) is 11.4 Å². The van der Waals surface area contributed by atoms with Crippen molar-refractivity contribution in [3.8, 4) is 0 Å². The average molecular weight is 276 g/mol. The van der Waals surface area contributed by atoms with Crippen molar-refractivity contribution in [2.45, 2.75) is 12.8 Å². The van der Waals surface area contributed by atoms with Gasteiger partial charge in [0.1, 0.15) is 0 Å². The van der Waals surface area contributed by atoms with Gasteiger partial charge in [0.2, 0.25) is 5.91 Å². The maximum Gasteiger partial charge on any atom is 0.219 e. The van der Waals surface area contributed by atoms with E-state index in [0.29, 0.717) is 6.42 Å². The highest BCUT2D eigenvalue weighted by atomic mass is 16.1. The number of rotatable bonds is 5. The lowest BCUT2D eigenvalue weighted by Crippen LogP contribution is -2.46. The molecule has 0 spiro atoms. The van der Waals surface area contributed by atoms with Crippen molar-refractivity contribution in [2.24, 2.45) is 0 Å². The van der Waals surface area contributed by atoms with Crippen LogP contribution in [0.1, 0.15) is 12.8 Å². The number of amides is 1. The molecule has 0 unspecified atom stereocenters. The van der Waals surface area contributed by atoms with E-state index in [2.05, 4.69) is 21.2 Å². The number of nitrogens with one attached hydrogen (secondary N) is 1. The van der Waals surface area contributed by atoms with Gasteiger partial charge in [0.05, 0.1) is 0 Å². The van der Waals surface area contributed by atoms with Gasteiger partial charge in [-0.05, 0) is 31.2 Å². The molecule has 0 bridgehead atoms. The molecule has 110 valence electrons. The second-order valence-corrected chi connectivity index (χ2v) is 5.20. The molecule has 0 saturated carbocycles. The van der Waals surface area contributed by atoms with Crippen molar-refractivity contribution in [2.75, 3.05) is 50.4 Å². The summed E-state index contributed by atoms with van der Waals surface area (Å²) in [4.78, 5) is 16.0. The van der Waals surface area contributed by atoms with Gasteiger partial charge in [0.25, 0.3) is 0 Å². The minimum Gasteiger partial charge on any atom is -0.399 e. The first-order chi connectivity index (χ1) is 9.69. The number of carbonyl (C=O) groups is 1. The molecule has 1 saturated heterocycles. The summed E-state index contributed by atoms with van der Waals surface area (Å²) in [6.07, 6.45) is 1.55. The SMILES string of the molecule is CNC(=O)CCCN1CCN(c2cccc(N)c2)CC1. The molecule has 1 aliphatic rings. The van der Waals surface area contributed by atoms with E-state index in [1.54, 1.807) is 7.05 Å². The molecule has 5 heteroatoms. The number of anilines is 2. The van der Waals surface area contributed by atoms with E-state index in [0.717, 1.165) is 44.8 Å². The Labute approximate surface area is 120 Å². The van der Waals surface area contributed by atoms with Crippen molar-refractivity contribution >= 4 is 17.3 Å². The highest BCUT2D eigenvalue weighted by molar-refractivity contribution is 5.75. The zero-order valence-electron chi connectivity index (χ0n) is 12.1. The van der Waals surface area contributed by atoms with Gasteiger partial charge in [0.15, 0.2) is 0 Å². The molecule has 3 N–H and O–H groups in total. The maximum absolute atomic E-state index is 11.2. The van der Waals surface area contributed by atoms with Crippen LogP contribution in [0.2, 0.25) is 0 Å². The summed E-state index contributed by atoms with van der Waals surface area (Å²) in [7, 11) is 1.69. The fourth-order valence-electron chi connectivity index (χ4n) is 2.54. The smallest absolute Gasteiger partial charge is 0.219 e. The number of hydrogen-bond donors (Lipinski definition) is 2. The number of nitrogens with zero attached hydrogens (tertiary/aromatic N) is 2. The molecule has 1 heterocycles. The Kier molecular flexibility index (Phi) is 5.24. The summed E-state index contributed by atoms with van der Waals surface area (Å²) in [5, 5.41) is 2.66. The van der Waals surface area contributed by atoms with E-state index < -0.39 is 0 Å². The molecule has 1 amide bonds. The van der Waals surface area contributed by atoms with Gasteiger partial charge in [-0.3, -0.25) is 9.69 Å². The quantitative estimate of drug-likeness (QED) is 0.785. The largest absolute Gasteiger partial charge is 0.399 e. The van der Waals surface area contributed by atoms with Crippen LogP contribution in [0.5, 0.6) is 0 Å². The fourth-order valence-corrected chi connectivity index (χ4v) is 2.54. The Morgan fingerprint density at radius 2 is 2.05 bits per heavy atom. The summed E-state index contributed by atoms with van der Waals surface area (Å²) in [5.74, 6) is 0.128. The lowest BCUT2D eigenvalue weighted by atomic mass is 10.2. The predicted octanol–water partition coefficient (Wildman–Crippen LogP) is 0.917. The van der Waals surface area contributed by atoms with Crippen LogP contribution < -0.4 is 16.0 Å². The second-order valence-electron chi connectivity index (χ2n) is 5.20. The van der Waals surface area contributed by atoms with E-state index in [1.165, 1.54) is 5.69 Å². The first kappa shape index (κ1) is 14.7. The number of carbonyl (C=O) groups excluding carboxylic acids is 1. The molecule has 0 aliphatic carbocycles. The number of nitrogen functional groups attached to an aromatic ring is 1. The van der Waals surface area contributed by atoms with Crippen LogP contribution in [0.25, 0.3) is 0 Å². The maximum atomic E-state index is 11.2. The van der Waals surface area contributed by atoms with Crippen molar-refractivity contribution in [3.63, 3.8) is 0 Å². The third-order valence-electron chi connectivity index (χ3n) is 3.76. The van der Waals surface area contributed by atoms with Crippen molar-refractivity contribution in [3.05, 3.63) is 24.3 Å². The van der Waals surface area contributed by atoms with E-state index in [-0.39, 0.29) is 5.91 Å². The minimum atomic E-state index is 0.128. The molecular weight excluding hydrogens is 252 g/mol. The zero-order chi connectivity index (χ0) is 14.4. The van der Waals surface area contributed by atoms with E-state index >= 15 is 0 Å².